The van der Waals surface area contributed by atoms with Crippen LogP contribution in [0, 0.1) is 0 Å². The zero-order valence-electron chi connectivity index (χ0n) is 15.8. The molecule has 0 spiro atoms. The molecule has 1 aromatic heterocycles. The fourth-order valence-corrected chi connectivity index (χ4v) is 2.73. The zero-order valence-corrected chi connectivity index (χ0v) is 16.5. The Morgan fingerprint density at radius 1 is 1.24 bits per heavy atom. The highest BCUT2D eigenvalue weighted by Gasteiger charge is 2.55. The second-order valence-corrected chi connectivity index (χ2v) is 7.32. The van der Waals surface area contributed by atoms with E-state index in [1.54, 1.807) is 38.1 Å². The highest BCUT2D eigenvalue weighted by Crippen LogP contribution is 2.39. The van der Waals surface area contributed by atoms with Crippen LogP contribution in [-0.4, -0.2) is 28.9 Å². The molecule has 0 bridgehead atoms. The maximum atomic E-state index is 13.3. The van der Waals surface area contributed by atoms with Crippen molar-refractivity contribution in [2.24, 2.45) is 5.73 Å². The van der Waals surface area contributed by atoms with Crippen molar-refractivity contribution in [1.29, 1.82) is 0 Å². The lowest BCUT2D eigenvalue weighted by Gasteiger charge is -2.31. The molecule has 4 N–H and O–H groups in total. The quantitative estimate of drug-likeness (QED) is 0.607. The molecule has 0 saturated heterocycles. The van der Waals surface area contributed by atoms with Crippen molar-refractivity contribution < 1.29 is 27.8 Å². The highest BCUT2D eigenvalue weighted by atomic mass is 35.5. The van der Waals surface area contributed by atoms with Crippen LogP contribution in [0.5, 0.6) is 0 Å². The highest BCUT2D eigenvalue weighted by molar-refractivity contribution is 6.29. The second kappa shape index (κ2) is 8.56. The van der Waals surface area contributed by atoms with Gasteiger partial charge in [-0.25, -0.2) is 9.78 Å². The number of amides is 1. The van der Waals surface area contributed by atoms with E-state index in [9.17, 15) is 23.1 Å². The number of nitrogens with one attached hydrogen (secondary N) is 1. The summed E-state index contributed by atoms with van der Waals surface area (Å²) in [7, 11) is 0. The van der Waals surface area contributed by atoms with Crippen LogP contribution in [0.25, 0.3) is 0 Å². The maximum absolute atomic E-state index is 13.3. The number of hydrogen-bond donors (Lipinski definition) is 3. The van der Waals surface area contributed by atoms with E-state index in [0.29, 0.717) is 0 Å². The lowest BCUT2D eigenvalue weighted by molar-refractivity contribution is -0.263. The van der Waals surface area contributed by atoms with E-state index in [2.05, 4.69) is 10.3 Å². The SMILES string of the molecule is CC(C)(NC(=O)OCc1ccccc1)c1cc(Cl)nc(C(O)(CN)C(F)(F)F)c1. The third-order valence-corrected chi connectivity index (χ3v) is 4.52. The number of ether oxygens (including phenoxy) is 1. The first-order valence-corrected chi connectivity index (χ1v) is 8.93. The second-order valence-electron chi connectivity index (χ2n) is 6.94. The minimum Gasteiger partial charge on any atom is -0.445 e. The van der Waals surface area contributed by atoms with Crippen LogP contribution in [0.15, 0.2) is 42.5 Å². The molecule has 0 aliphatic carbocycles. The van der Waals surface area contributed by atoms with Gasteiger partial charge in [0.15, 0.2) is 0 Å². The number of rotatable bonds is 6. The van der Waals surface area contributed by atoms with Gasteiger partial charge in [-0.05, 0) is 37.1 Å². The van der Waals surface area contributed by atoms with Crippen molar-refractivity contribution >= 4 is 17.7 Å². The minimum atomic E-state index is -5.07. The monoisotopic (exact) mass is 431 g/mol. The summed E-state index contributed by atoms with van der Waals surface area (Å²) >= 11 is 5.87. The summed E-state index contributed by atoms with van der Waals surface area (Å²) in [6.45, 7) is 1.96. The zero-order chi connectivity index (χ0) is 21.9. The van der Waals surface area contributed by atoms with Crippen LogP contribution < -0.4 is 11.1 Å². The smallest absolute Gasteiger partial charge is 0.424 e. The molecule has 6 nitrogen and oxygen atoms in total. The maximum Gasteiger partial charge on any atom is 0.424 e. The summed E-state index contributed by atoms with van der Waals surface area (Å²) in [6, 6.07) is 11.2. The van der Waals surface area contributed by atoms with Gasteiger partial charge in [0.05, 0.1) is 11.2 Å². The van der Waals surface area contributed by atoms with Crippen LogP contribution in [-0.2, 0) is 22.5 Å². The number of halogens is 4. The van der Waals surface area contributed by atoms with Gasteiger partial charge in [0, 0.05) is 6.54 Å². The van der Waals surface area contributed by atoms with Gasteiger partial charge in [-0.2, -0.15) is 13.2 Å². The molecule has 0 aliphatic rings. The number of carbonyl (C=O) groups is 1. The Bertz CT molecular complexity index is 863. The van der Waals surface area contributed by atoms with E-state index in [1.165, 1.54) is 6.07 Å². The number of aromatic nitrogens is 1. The van der Waals surface area contributed by atoms with Gasteiger partial charge >= 0.3 is 12.3 Å². The lowest BCUT2D eigenvalue weighted by Crippen LogP contribution is -2.49. The summed E-state index contributed by atoms with van der Waals surface area (Å²) in [5.41, 5.74) is 0.795. The first kappa shape index (κ1) is 22.9. The van der Waals surface area contributed by atoms with Crippen LogP contribution in [0.2, 0.25) is 5.15 Å². The van der Waals surface area contributed by atoms with Crippen molar-refractivity contribution in [3.05, 3.63) is 64.4 Å². The Labute approximate surface area is 170 Å². The minimum absolute atomic E-state index is 0.0199. The van der Waals surface area contributed by atoms with E-state index >= 15 is 0 Å². The predicted octanol–water partition coefficient (Wildman–Crippen LogP) is 3.61. The predicted molar refractivity (Wildman–Crippen MR) is 101 cm³/mol. The van der Waals surface area contributed by atoms with Crippen LogP contribution in [0.3, 0.4) is 0 Å². The largest absolute Gasteiger partial charge is 0.445 e. The Hall–Kier alpha value is -2.36. The molecular formula is C19H21ClF3N3O3. The number of hydrogen-bond acceptors (Lipinski definition) is 5. The van der Waals surface area contributed by atoms with Crippen LogP contribution >= 0.6 is 11.6 Å². The lowest BCUT2D eigenvalue weighted by atomic mass is 9.90. The number of aliphatic hydroxyl groups is 1. The number of carbonyl (C=O) groups excluding carboxylic acids is 1. The number of nitrogens with zero attached hydrogens (tertiary/aromatic N) is 1. The molecule has 1 aromatic carbocycles. The molecule has 1 atom stereocenters. The fourth-order valence-electron chi connectivity index (χ4n) is 2.52. The van der Waals surface area contributed by atoms with E-state index in [1.807, 2.05) is 6.07 Å². The van der Waals surface area contributed by atoms with E-state index in [-0.39, 0.29) is 17.3 Å². The number of benzene rings is 1. The van der Waals surface area contributed by atoms with Gasteiger partial charge in [0.1, 0.15) is 11.8 Å². The molecule has 0 aliphatic heterocycles. The third kappa shape index (κ3) is 5.37. The van der Waals surface area contributed by atoms with Gasteiger partial charge in [-0.3, -0.25) is 0 Å². The molecule has 2 aromatic rings. The third-order valence-electron chi connectivity index (χ3n) is 4.33. The Morgan fingerprint density at radius 3 is 2.41 bits per heavy atom. The topological polar surface area (TPSA) is 97.5 Å². The molecule has 1 unspecified atom stereocenters. The molecule has 10 heteroatoms. The summed E-state index contributed by atoms with van der Waals surface area (Å²) in [5.74, 6) is 0. The van der Waals surface area contributed by atoms with Gasteiger partial charge in [-0.15, -0.1) is 0 Å². The van der Waals surface area contributed by atoms with Crippen molar-refractivity contribution in [2.75, 3.05) is 6.54 Å². The first-order valence-electron chi connectivity index (χ1n) is 8.55. The van der Waals surface area contributed by atoms with Crippen molar-refractivity contribution in [3.8, 4) is 0 Å². The Balaban J connectivity index is 2.23. The Morgan fingerprint density at radius 2 is 1.86 bits per heavy atom. The van der Waals surface area contributed by atoms with Gasteiger partial charge in [0.2, 0.25) is 5.60 Å². The van der Waals surface area contributed by atoms with Crippen molar-refractivity contribution in [2.45, 2.75) is 37.8 Å². The molecule has 2 rings (SSSR count). The van der Waals surface area contributed by atoms with Gasteiger partial charge in [-0.1, -0.05) is 41.9 Å². The van der Waals surface area contributed by atoms with Gasteiger partial charge < -0.3 is 20.9 Å². The normalized spacial score (nSPS) is 14.2. The summed E-state index contributed by atoms with van der Waals surface area (Å²) < 4.78 is 45.1. The molecule has 29 heavy (non-hydrogen) atoms. The fraction of sp³-hybridized carbons (Fsp3) is 0.368. The van der Waals surface area contributed by atoms with Crippen molar-refractivity contribution in [1.82, 2.24) is 10.3 Å². The summed E-state index contributed by atoms with van der Waals surface area (Å²) in [6.07, 6.45) is -5.85. The van der Waals surface area contributed by atoms with Crippen molar-refractivity contribution in [3.63, 3.8) is 0 Å². The molecule has 0 fully saturated rings. The summed E-state index contributed by atoms with van der Waals surface area (Å²) in [5, 5.41) is 12.3. The van der Waals surface area contributed by atoms with E-state index in [0.717, 1.165) is 11.6 Å². The van der Waals surface area contributed by atoms with E-state index < -0.39 is 35.6 Å². The molecule has 1 heterocycles. The molecular weight excluding hydrogens is 411 g/mol. The molecule has 0 radical (unpaired) electrons. The average Bonchev–Trinajstić information content (AvgIpc) is 2.64. The molecule has 158 valence electrons. The number of alkyl carbamates (subject to hydrolysis) is 1. The van der Waals surface area contributed by atoms with E-state index in [4.69, 9.17) is 22.1 Å². The van der Waals surface area contributed by atoms with Crippen LogP contribution in [0.4, 0.5) is 18.0 Å². The van der Waals surface area contributed by atoms with Crippen LogP contribution in [0.1, 0.15) is 30.7 Å². The number of alkyl halides is 3. The first-order chi connectivity index (χ1) is 13.4. The average molecular weight is 432 g/mol. The number of nitrogens with two attached hydrogens (primary N) is 1. The number of pyridine rings is 1. The van der Waals surface area contributed by atoms with Gasteiger partial charge in [0.25, 0.3) is 0 Å². The summed E-state index contributed by atoms with van der Waals surface area (Å²) in [4.78, 5) is 15.7. The standard InChI is InChI=1S/C19H21ClF3N3O3/c1-17(2,26-16(27)29-10-12-6-4-3-5-7-12)13-8-14(25-15(20)9-13)18(28,11-24)19(21,22)23/h3-9,28H,10-11,24H2,1-2H3,(H,26,27). The Kier molecular flexibility index (Phi) is 6.77. The molecule has 1 amide bonds. The molecule has 0 saturated carbocycles.